The molecule has 0 bridgehead atoms. The van der Waals surface area contributed by atoms with E-state index in [1.807, 2.05) is 31.5 Å². The first kappa shape index (κ1) is 14.8. The van der Waals surface area contributed by atoms with Gasteiger partial charge in [0, 0.05) is 12.4 Å². The van der Waals surface area contributed by atoms with Crippen LogP contribution in [-0.4, -0.2) is 38.5 Å². The van der Waals surface area contributed by atoms with E-state index in [1.165, 1.54) is 0 Å². The number of aromatic nitrogens is 2. The number of nitrogens with zero attached hydrogens (tertiary/aromatic N) is 2. The zero-order chi connectivity index (χ0) is 14.8. The summed E-state index contributed by atoms with van der Waals surface area (Å²) in [7, 11) is 0. The van der Waals surface area contributed by atoms with Crippen molar-refractivity contribution in [3.63, 3.8) is 0 Å². The minimum Gasteiger partial charge on any atom is -0.444 e. The Morgan fingerprint density at radius 2 is 2.20 bits per heavy atom. The van der Waals surface area contributed by atoms with E-state index in [0.29, 0.717) is 12.8 Å². The molecule has 0 saturated heterocycles. The number of aliphatic hydroxyl groups excluding tert-OH is 1. The number of carbonyl (C=O) groups excluding carboxylic acids is 1. The van der Waals surface area contributed by atoms with E-state index in [2.05, 4.69) is 10.3 Å². The van der Waals surface area contributed by atoms with Crippen molar-refractivity contribution in [3.05, 3.63) is 18.7 Å². The van der Waals surface area contributed by atoms with E-state index in [0.717, 1.165) is 6.42 Å². The molecule has 1 fully saturated rings. The molecule has 112 valence electrons. The second-order valence-corrected chi connectivity index (χ2v) is 6.30. The Bertz CT molecular complexity index is 439. The van der Waals surface area contributed by atoms with Crippen LogP contribution in [0.25, 0.3) is 0 Å². The molecule has 1 heterocycles. The molecule has 0 radical (unpaired) electrons. The zero-order valence-electron chi connectivity index (χ0n) is 12.2. The number of amides is 1. The smallest absolute Gasteiger partial charge is 0.407 e. The molecule has 0 spiro atoms. The molecule has 6 heteroatoms. The summed E-state index contributed by atoms with van der Waals surface area (Å²) in [4.78, 5) is 15.9. The van der Waals surface area contributed by atoms with Crippen LogP contribution >= 0.6 is 0 Å². The first-order valence-corrected chi connectivity index (χ1v) is 7.00. The number of aliphatic hydroxyl groups is 1. The van der Waals surface area contributed by atoms with Crippen LogP contribution in [0.15, 0.2) is 18.7 Å². The van der Waals surface area contributed by atoms with Crippen molar-refractivity contribution in [2.24, 2.45) is 0 Å². The van der Waals surface area contributed by atoms with Crippen molar-refractivity contribution in [2.45, 2.75) is 63.8 Å². The fraction of sp³-hybridized carbons (Fsp3) is 0.714. The van der Waals surface area contributed by atoms with Gasteiger partial charge in [0.15, 0.2) is 0 Å². The maximum Gasteiger partial charge on any atom is 0.407 e. The highest BCUT2D eigenvalue weighted by Crippen LogP contribution is 2.29. The summed E-state index contributed by atoms with van der Waals surface area (Å²) in [6, 6.07) is -0.0452. The summed E-state index contributed by atoms with van der Waals surface area (Å²) in [5, 5.41) is 12.8. The largest absolute Gasteiger partial charge is 0.444 e. The van der Waals surface area contributed by atoms with Gasteiger partial charge in [0.2, 0.25) is 0 Å². The fourth-order valence-electron chi connectivity index (χ4n) is 2.55. The normalized spacial score (nSPS) is 27.1. The summed E-state index contributed by atoms with van der Waals surface area (Å²) >= 11 is 0. The van der Waals surface area contributed by atoms with Crippen molar-refractivity contribution in [1.29, 1.82) is 0 Å². The Balaban J connectivity index is 2.02. The molecular formula is C14H23N3O3. The lowest BCUT2D eigenvalue weighted by molar-refractivity contribution is 0.0397. The van der Waals surface area contributed by atoms with Crippen molar-refractivity contribution in [3.8, 4) is 0 Å². The molecule has 1 aliphatic rings. The first-order chi connectivity index (χ1) is 9.35. The van der Waals surface area contributed by atoms with Gasteiger partial charge in [-0.05, 0) is 40.0 Å². The predicted molar refractivity (Wildman–Crippen MR) is 74.3 cm³/mol. The van der Waals surface area contributed by atoms with Gasteiger partial charge < -0.3 is 19.7 Å². The molecule has 1 amide bonds. The van der Waals surface area contributed by atoms with Gasteiger partial charge in [-0.1, -0.05) is 0 Å². The summed E-state index contributed by atoms with van der Waals surface area (Å²) in [6.45, 7) is 5.51. The van der Waals surface area contributed by atoms with Crippen LogP contribution in [0.3, 0.4) is 0 Å². The van der Waals surface area contributed by atoms with E-state index in [-0.39, 0.29) is 18.2 Å². The minimum absolute atomic E-state index is 0.00812. The molecule has 1 aromatic heterocycles. The molecule has 20 heavy (non-hydrogen) atoms. The Kier molecular flexibility index (Phi) is 4.32. The summed E-state index contributed by atoms with van der Waals surface area (Å²) in [5.41, 5.74) is -0.511. The van der Waals surface area contributed by atoms with Gasteiger partial charge in [0.25, 0.3) is 0 Å². The zero-order valence-corrected chi connectivity index (χ0v) is 12.2. The number of rotatable bonds is 2. The summed E-state index contributed by atoms with van der Waals surface area (Å²) in [5.74, 6) is 0. The van der Waals surface area contributed by atoms with Crippen LogP contribution in [0.5, 0.6) is 0 Å². The molecule has 1 aromatic rings. The van der Waals surface area contributed by atoms with Crippen LogP contribution in [0.1, 0.15) is 46.1 Å². The Morgan fingerprint density at radius 3 is 2.80 bits per heavy atom. The maximum atomic E-state index is 11.9. The molecule has 1 aliphatic carbocycles. The lowest BCUT2D eigenvalue weighted by Gasteiger charge is -2.35. The molecule has 2 N–H and O–H groups in total. The third-order valence-electron chi connectivity index (χ3n) is 3.40. The summed E-state index contributed by atoms with van der Waals surface area (Å²) in [6.07, 6.45) is 6.54. The second-order valence-electron chi connectivity index (χ2n) is 6.30. The monoisotopic (exact) mass is 281 g/mol. The number of imidazole rings is 1. The van der Waals surface area contributed by atoms with E-state index in [4.69, 9.17) is 4.74 Å². The number of hydrogen-bond acceptors (Lipinski definition) is 4. The molecule has 3 unspecified atom stereocenters. The number of alkyl carbamates (subject to hydrolysis) is 1. The lowest BCUT2D eigenvalue weighted by Crippen LogP contribution is -2.47. The van der Waals surface area contributed by atoms with Crippen molar-refractivity contribution < 1.29 is 14.6 Å². The molecule has 2 rings (SSSR count). The third-order valence-corrected chi connectivity index (χ3v) is 3.40. The van der Waals surface area contributed by atoms with Crippen LogP contribution in [-0.2, 0) is 4.74 Å². The maximum absolute atomic E-state index is 11.9. The van der Waals surface area contributed by atoms with Crippen molar-refractivity contribution >= 4 is 6.09 Å². The van der Waals surface area contributed by atoms with Crippen LogP contribution in [0.4, 0.5) is 4.79 Å². The SMILES string of the molecule is CC(C)(C)OC(=O)NC1CCC(O)CC1n1ccnc1. The highest BCUT2D eigenvalue weighted by atomic mass is 16.6. The van der Waals surface area contributed by atoms with Gasteiger partial charge >= 0.3 is 6.09 Å². The van der Waals surface area contributed by atoms with Gasteiger partial charge in [-0.3, -0.25) is 0 Å². The molecule has 0 aromatic carbocycles. The van der Waals surface area contributed by atoms with Gasteiger partial charge in [0.1, 0.15) is 5.60 Å². The predicted octanol–water partition coefficient (Wildman–Crippen LogP) is 1.86. The van der Waals surface area contributed by atoms with Crippen LogP contribution < -0.4 is 5.32 Å². The van der Waals surface area contributed by atoms with E-state index in [9.17, 15) is 9.90 Å². The number of nitrogens with one attached hydrogen (secondary N) is 1. The van der Waals surface area contributed by atoms with Crippen molar-refractivity contribution in [2.75, 3.05) is 0 Å². The average molecular weight is 281 g/mol. The Morgan fingerprint density at radius 1 is 1.45 bits per heavy atom. The average Bonchev–Trinajstić information content (AvgIpc) is 2.82. The quantitative estimate of drug-likeness (QED) is 0.867. The standard InChI is InChI=1S/C14H23N3O3/c1-14(2,3)20-13(19)16-11-5-4-10(18)8-12(11)17-7-6-15-9-17/h6-7,9-12,18H,4-5,8H2,1-3H3,(H,16,19). The highest BCUT2D eigenvalue weighted by molar-refractivity contribution is 5.68. The number of carbonyl (C=O) groups is 1. The molecule has 1 saturated carbocycles. The number of ether oxygens (including phenoxy) is 1. The Labute approximate surface area is 119 Å². The fourth-order valence-corrected chi connectivity index (χ4v) is 2.55. The topological polar surface area (TPSA) is 76.4 Å². The van der Waals surface area contributed by atoms with E-state index >= 15 is 0 Å². The molecule has 0 aliphatic heterocycles. The van der Waals surface area contributed by atoms with Crippen LogP contribution in [0, 0.1) is 0 Å². The number of hydrogen-bond donors (Lipinski definition) is 2. The molecule has 6 nitrogen and oxygen atoms in total. The van der Waals surface area contributed by atoms with E-state index < -0.39 is 11.7 Å². The van der Waals surface area contributed by atoms with Gasteiger partial charge in [0.05, 0.1) is 24.5 Å². The highest BCUT2D eigenvalue weighted by Gasteiger charge is 2.32. The van der Waals surface area contributed by atoms with Gasteiger partial charge in [-0.25, -0.2) is 9.78 Å². The molecular weight excluding hydrogens is 258 g/mol. The second kappa shape index (κ2) is 5.83. The van der Waals surface area contributed by atoms with Crippen LogP contribution in [0.2, 0.25) is 0 Å². The minimum atomic E-state index is -0.511. The molecule has 3 atom stereocenters. The third kappa shape index (κ3) is 3.96. The van der Waals surface area contributed by atoms with Gasteiger partial charge in [-0.2, -0.15) is 0 Å². The summed E-state index contributed by atoms with van der Waals surface area (Å²) < 4.78 is 7.23. The van der Waals surface area contributed by atoms with Crippen molar-refractivity contribution in [1.82, 2.24) is 14.9 Å². The first-order valence-electron chi connectivity index (χ1n) is 7.00. The Hall–Kier alpha value is -1.56. The van der Waals surface area contributed by atoms with Gasteiger partial charge in [-0.15, -0.1) is 0 Å². The lowest BCUT2D eigenvalue weighted by atomic mass is 9.88. The van der Waals surface area contributed by atoms with E-state index in [1.54, 1.807) is 12.5 Å².